The summed E-state index contributed by atoms with van der Waals surface area (Å²) >= 11 is 0. The molecule has 1 heterocycles. The first-order valence-electron chi connectivity index (χ1n) is 10.3. The third kappa shape index (κ3) is 4.83. The number of amides is 2. The van der Waals surface area contributed by atoms with E-state index in [1.54, 1.807) is 0 Å². The first kappa shape index (κ1) is 20.4. The van der Waals surface area contributed by atoms with Crippen molar-refractivity contribution >= 4 is 28.3 Å². The van der Waals surface area contributed by atoms with Crippen LogP contribution < -0.4 is 15.4 Å². The van der Waals surface area contributed by atoms with Crippen molar-refractivity contribution in [2.75, 3.05) is 17.2 Å². The zero-order valence-electron chi connectivity index (χ0n) is 17.9. The summed E-state index contributed by atoms with van der Waals surface area (Å²) in [6, 6.07) is 23.2. The monoisotopic (exact) mass is 411 g/mol. The molecule has 0 saturated carbocycles. The Hall–Kier alpha value is -3.86. The van der Waals surface area contributed by atoms with Crippen molar-refractivity contribution in [2.45, 2.75) is 20.8 Å². The average molecular weight is 412 g/mol. The van der Waals surface area contributed by atoms with Crippen molar-refractivity contribution in [3.63, 3.8) is 0 Å². The Balaban J connectivity index is 1.63. The SMILES string of the molecule is CCOc1cc(-c2ccc(C)cc2)nc2ccc(NC(=O)Nc3cccc(C)c3)cc12. The number of nitrogens with zero attached hydrogens (tertiary/aromatic N) is 1. The molecule has 2 amide bonds. The van der Waals surface area contributed by atoms with E-state index in [1.165, 1.54) is 5.56 Å². The van der Waals surface area contributed by atoms with E-state index in [9.17, 15) is 4.79 Å². The molecule has 0 aliphatic carbocycles. The first-order valence-corrected chi connectivity index (χ1v) is 10.3. The maximum absolute atomic E-state index is 12.4. The number of urea groups is 1. The maximum Gasteiger partial charge on any atom is 0.323 e. The van der Waals surface area contributed by atoms with E-state index in [1.807, 2.05) is 62.4 Å². The second-order valence-electron chi connectivity index (χ2n) is 7.49. The van der Waals surface area contributed by atoms with E-state index in [0.717, 1.165) is 39.2 Å². The van der Waals surface area contributed by atoms with Gasteiger partial charge in [-0.25, -0.2) is 9.78 Å². The van der Waals surface area contributed by atoms with Gasteiger partial charge < -0.3 is 15.4 Å². The number of aromatic nitrogens is 1. The van der Waals surface area contributed by atoms with Gasteiger partial charge in [-0.15, -0.1) is 0 Å². The molecule has 0 spiro atoms. The zero-order valence-corrected chi connectivity index (χ0v) is 17.9. The Morgan fingerprint density at radius 2 is 1.61 bits per heavy atom. The van der Waals surface area contributed by atoms with Crippen LogP contribution >= 0.6 is 0 Å². The fraction of sp³-hybridized carbons (Fsp3) is 0.154. The zero-order chi connectivity index (χ0) is 21.8. The summed E-state index contributed by atoms with van der Waals surface area (Å²) in [7, 11) is 0. The van der Waals surface area contributed by atoms with Crippen molar-refractivity contribution in [3.05, 3.63) is 83.9 Å². The number of anilines is 2. The molecule has 0 aliphatic rings. The lowest BCUT2D eigenvalue weighted by molar-refractivity contribution is 0.262. The second-order valence-corrected chi connectivity index (χ2v) is 7.49. The van der Waals surface area contributed by atoms with Crippen LogP contribution in [0.1, 0.15) is 18.1 Å². The van der Waals surface area contributed by atoms with Crippen LogP contribution in [0.5, 0.6) is 5.75 Å². The summed E-state index contributed by atoms with van der Waals surface area (Å²) < 4.78 is 5.91. The van der Waals surface area contributed by atoms with Gasteiger partial charge in [0.05, 0.1) is 17.8 Å². The van der Waals surface area contributed by atoms with E-state index in [-0.39, 0.29) is 6.03 Å². The molecule has 0 bridgehead atoms. The summed E-state index contributed by atoms with van der Waals surface area (Å²) in [6.45, 7) is 6.54. The van der Waals surface area contributed by atoms with Crippen LogP contribution in [-0.4, -0.2) is 17.6 Å². The molecule has 0 atom stereocenters. The van der Waals surface area contributed by atoms with Gasteiger partial charge in [-0.3, -0.25) is 0 Å². The number of nitrogens with one attached hydrogen (secondary N) is 2. The minimum absolute atomic E-state index is 0.299. The molecule has 156 valence electrons. The highest BCUT2D eigenvalue weighted by molar-refractivity contribution is 6.01. The lowest BCUT2D eigenvalue weighted by Gasteiger charge is -2.13. The number of rotatable bonds is 5. The van der Waals surface area contributed by atoms with Gasteiger partial charge in [-0.1, -0.05) is 42.0 Å². The normalized spacial score (nSPS) is 10.7. The maximum atomic E-state index is 12.4. The van der Waals surface area contributed by atoms with Gasteiger partial charge in [-0.05, 0) is 56.7 Å². The van der Waals surface area contributed by atoms with Crippen LogP contribution in [0.3, 0.4) is 0 Å². The van der Waals surface area contributed by atoms with Crippen LogP contribution in [0, 0.1) is 13.8 Å². The summed E-state index contributed by atoms with van der Waals surface area (Å²) in [5.74, 6) is 0.741. The number of hydrogen-bond acceptors (Lipinski definition) is 3. The molecule has 3 aromatic carbocycles. The molecule has 5 heteroatoms. The summed E-state index contributed by atoms with van der Waals surface area (Å²) in [5, 5.41) is 6.60. The molecule has 0 saturated heterocycles. The molecular formula is C26H25N3O2. The fourth-order valence-electron chi connectivity index (χ4n) is 3.44. The number of benzene rings is 3. The quantitative estimate of drug-likeness (QED) is 0.391. The Morgan fingerprint density at radius 1 is 0.871 bits per heavy atom. The van der Waals surface area contributed by atoms with Crippen molar-refractivity contribution in [1.82, 2.24) is 4.98 Å². The molecule has 4 aromatic rings. The van der Waals surface area contributed by atoms with E-state index in [0.29, 0.717) is 12.3 Å². The Morgan fingerprint density at radius 3 is 2.32 bits per heavy atom. The van der Waals surface area contributed by atoms with Crippen LogP contribution in [0.4, 0.5) is 16.2 Å². The van der Waals surface area contributed by atoms with Crippen LogP contribution in [0.15, 0.2) is 72.8 Å². The number of fused-ring (bicyclic) bond motifs is 1. The molecule has 1 aromatic heterocycles. The minimum Gasteiger partial charge on any atom is -0.493 e. The number of carbonyl (C=O) groups excluding carboxylic acids is 1. The molecule has 0 unspecified atom stereocenters. The van der Waals surface area contributed by atoms with Gasteiger partial charge >= 0.3 is 6.03 Å². The standard InChI is InChI=1S/C26H25N3O2/c1-4-31-25-16-24(19-10-8-17(2)9-11-19)29-23-13-12-21(15-22(23)25)28-26(30)27-20-7-5-6-18(3)14-20/h5-16H,4H2,1-3H3,(H2,27,28,30). The molecule has 4 rings (SSSR count). The van der Waals surface area contributed by atoms with Gasteiger partial charge in [0.1, 0.15) is 5.75 Å². The summed E-state index contributed by atoms with van der Waals surface area (Å²) in [6.07, 6.45) is 0. The fourth-order valence-corrected chi connectivity index (χ4v) is 3.44. The van der Waals surface area contributed by atoms with Gasteiger partial charge in [0.2, 0.25) is 0 Å². The van der Waals surface area contributed by atoms with Gasteiger partial charge in [0.25, 0.3) is 0 Å². The molecule has 5 nitrogen and oxygen atoms in total. The molecule has 0 radical (unpaired) electrons. The molecule has 0 fully saturated rings. The van der Waals surface area contributed by atoms with Crippen molar-refractivity contribution < 1.29 is 9.53 Å². The smallest absolute Gasteiger partial charge is 0.323 e. The molecule has 2 N–H and O–H groups in total. The van der Waals surface area contributed by atoms with Gasteiger partial charge in [0, 0.05) is 28.4 Å². The van der Waals surface area contributed by atoms with Crippen LogP contribution in [0.2, 0.25) is 0 Å². The highest BCUT2D eigenvalue weighted by atomic mass is 16.5. The largest absolute Gasteiger partial charge is 0.493 e. The number of carbonyl (C=O) groups is 1. The summed E-state index contributed by atoms with van der Waals surface area (Å²) in [4.78, 5) is 17.2. The van der Waals surface area contributed by atoms with E-state index in [4.69, 9.17) is 9.72 Å². The van der Waals surface area contributed by atoms with Crippen molar-refractivity contribution in [2.24, 2.45) is 0 Å². The number of ether oxygens (including phenoxy) is 1. The van der Waals surface area contributed by atoms with E-state index in [2.05, 4.69) is 41.8 Å². The van der Waals surface area contributed by atoms with Gasteiger partial charge in [0.15, 0.2) is 0 Å². The Kier molecular flexibility index (Phi) is 5.85. The molecular weight excluding hydrogens is 386 g/mol. The Bertz CT molecular complexity index is 1230. The average Bonchev–Trinajstić information content (AvgIpc) is 2.74. The topological polar surface area (TPSA) is 63.2 Å². The minimum atomic E-state index is -0.299. The number of hydrogen-bond donors (Lipinski definition) is 2. The van der Waals surface area contributed by atoms with Crippen molar-refractivity contribution in [3.8, 4) is 17.0 Å². The Labute approximate surface area is 182 Å². The lowest BCUT2D eigenvalue weighted by atomic mass is 10.1. The first-order chi connectivity index (χ1) is 15.0. The highest BCUT2D eigenvalue weighted by Gasteiger charge is 2.11. The van der Waals surface area contributed by atoms with Crippen LogP contribution in [0.25, 0.3) is 22.2 Å². The van der Waals surface area contributed by atoms with Crippen LogP contribution in [-0.2, 0) is 0 Å². The number of pyridine rings is 1. The van der Waals surface area contributed by atoms with Crippen molar-refractivity contribution in [1.29, 1.82) is 0 Å². The van der Waals surface area contributed by atoms with E-state index < -0.39 is 0 Å². The number of aryl methyl sites for hydroxylation is 2. The second kappa shape index (κ2) is 8.88. The predicted molar refractivity (Wildman–Crippen MR) is 127 cm³/mol. The lowest BCUT2D eigenvalue weighted by Crippen LogP contribution is -2.19. The molecule has 31 heavy (non-hydrogen) atoms. The molecule has 0 aliphatic heterocycles. The third-order valence-corrected chi connectivity index (χ3v) is 4.95. The van der Waals surface area contributed by atoms with Gasteiger partial charge in [-0.2, -0.15) is 0 Å². The predicted octanol–water partition coefficient (Wildman–Crippen LogP) is 6.56. The third-order valence-electron chi connectivity index (χ3n) is 4.95. The van der Waals surface area contributed by atoms with E-state index >= 15 is 0 Å². The summed E-state index contributed by atoms with van der Waals surface area (Å²) in [5.41, 5.74) is 6.41. The highest BCUT2D eigenvalue weighted by Crippen LogP contribution is 2.32.